The van der Waals surface area contributed by atoms with Crippen molar-refractivity contribution in [2.24, 2.45) is 5.73 Å². The Bertz CT molecular complexity index is 1380. The SMILES string of the molecule is CCN(Cc1cccc(C)n1)C(=O)CN(c1ccccc1C(N)=O)S(=O)(=O)c1ccc(C(C)(C)C)cc1. The largest absolute Gasteiger partial charge is 0.366 e. The van der Waals surface area contributed by atoms with E-state index in [1.165, 1.54) is 29.2 Å². The third-order valence-electron chi connectivity index (χ3n) is 6.06. The highest BCUT2D eigenvalue weighted by Gasteiger charge is 2.31. The molecule has 0 radical (unpaired) electrons. The fraction of sp³-hybridized carbons (Fsp3) is 0.321. The molecule has 1 aromatic heterocycles. The molecule has 196 valence electrons. The van der Waals surface area contributed by atoms with Gasteiger partial charge in [-0.15, -0.1) is 0 Å². The summed E-state index contributed by atoms with van der Waals surface area (Å²) in [6, 6.07) is 18.2. The lowest BCUT2D eigenvalue weighted by molar-refractivity contribution is -0.130. The first kappa shape index (κ1) is 27.9. The second-order valence-corrected chi connectivity index (χ2v) is 11.7. The van der Waals surface area contributed by atoms with E-state index in [0.717, 1.165) is 15.6 Å². The zero-order valence-corrected chi connectivity index (χ0v) is 22.7. The monoisotopic (exact) mass is 522 g/mol. The van der Waals surface area contributed by atoms with E-state index in [2.05, 4.69) is 4.98 Å². The summed E-state index contributed by atoms with van der Waals surface area (Å²) in [6.45, 7) is 9.85. The van der Waals surface area contributed by atoms with Gasteiger partial charge < -0.3 is 10.6 Å². The second kappa shape index (κ2) is 11.1. The number of anilines is 1. The number of carbonyl (C=O) groups excluding carboxylic acids is 2. The van der Waals surface area contributed by atoms with Gasteiger partial charge in [0.1, 0.15) is 6.54 Å². The van der Waals surface area contributed by atoms with Gasteiger partial charge in [-0.1, -0.05) is 51.1 Å². The maximum absolute atomic E-state index is 13.9. The molecule has 0 saturated heterocycles. The molecule has 2 aromatic carbocycles. The van der Waals surface area contributed by atoms with Gasteiger partial charge in [0.05, 0.1) is 28.4 Å². The van der Waals surface area contributed by atoms with Crippen molar-refractivity contribution < 1.29 is 18.0 Å². The summed E-state index contributed by atoms with van der Waals surface area (Å²) in [5.41, 5.74) is 7.94. The van der Waals surface area contributed by atoms with Gasteiger partial charge in [-0.05, 0) is 61.2 Å². The van der Waals surface area contributed by atoms with Crippen LogP contribution in [0.15, 0.2) is 71.6 Å². The van der Waals surface area contributed by atoms with Crippen LogP contribution >= 0.6 is 0 Å². The Morgan fingerprint density at radius 3 is 2.16 bits per heavy atom. The van der Waals surface area contributed by atoms with E-state index in [0.29, 0.717) is 12.2 Å². The quantitative estimate of drug-likeness (QED) is 0.456. The standard InChI is InChI=1S/C28H34N4O4S/c1-6-31(18-22-11-9-10-20(2)30-22)26(33)19-32(25-13-8-7-12-24(25)27(29)34)37(35,36)23-16-14-21(15-17-23)28(3,4)5/h7-17H,6,18-19H2,1-5H3,(H2,29,34). The van der Waals surface area contributed by atoms with Crippen molar-refractivity contribution in [2.45, 2.75) is 51.5 Å². The van der Waals surface area contributed by atoms with Crippen LogP contribution in [0.25, 0.3) is 0 Å². The molecule has 2 N–H and O–H groups in total. The number of hydrogen-bond acceptors (Lipinski definition) is 5. The molecule has 0 spiro atoms. The molecule has 0 atom stereocenters. The minimum atomic E-state index is -4.23. The molecule has 0 aliphatic rings. The molecule has 0 aliphatic carbocycles. The van der Waals surface area contributed by atoms with Gasteiger partial charge in [-0.25, -0.2) is 8.42 Å². The molecule has 0 fully saturated rings. The third-order valence-corrected chi connectivity index (χ3v) is 7.83. The number of rotatable bonds is 9. The second-order valence-electron chi connectivity index (χ2n) is 9.85. The number of pyridine rings is 1. The molecule has 0 saturated carbocycles. The highest BCUT2D eigenvalue weighted by atomic mass is 32.2. The summed E-state index contributed by atoms with van der Waals surface area (Å²) in [6.07, 6.45) is 0. The normalized spacial score (nSPS) is 11.7. The zero-order valence-electron chi connectivity index (χ0n) is 21.9. The average Bonchev–Trinajstić information content (AvgIpc) is 2.85. The lowest BCUT2D eigenvalue weighted by Gasteiger charge is -2.29. The first-order chi connectivity index (χ1) is 17.3. The minimum Gasteiger partial charge on any atom is -0.366 e. The van der Waals surface area contributed by atoms with E-state index in [-0.39, 0.29) is 28.1 Å². The van der Waals surface area contributed by atoms with Crippen LogP contribution in [0.4, 0.5) is 5.69 Å². The van der Waals surface area contributed by atoms with Crippen LogP contribution < -0.4 is 10.0 Å². The van der Waals surface area contributed by atoms with Gasteiger partial charge in [-0.2, -0.15) is 0 Å². The summed E-state index contributed by atoms with van der Waals surface area (Å²) >= 11 is 0. The number of carbonyl (C=O) groups is 2. The van der Waals surface area contributed by atoms with Crippen LogP contribution in [0.5, 0.6) is 0 Å². The van der Waals surface area contributed by atoms with Crippen LogP contribution in [0.2, 0.25) is 0 Å². The first-order valence-electron chi connectivity index (χ1n) is 12.1. The Hall–Kier alpha value is -3.72. The van der Waals surface area contributed by atoms with Crippen LogP contribution in [-0.2, 0) is 26.8 Å². The first-order valence-corrected chi connectivity index (χ1v) is 13.5. The summed E-state index contributed by atoms with van der Waals surface area (Å²) in [7, 11) is -4.23. The number of benzene rings is 2. The van der Waals surface area contributed by atoms with Crippen molar-refractivity contribution in [1.29, 1.82) is 0 Å². The maximum Gasteiger partial charge on any atom is 0.264 e. The van der Waals surface area contributed by atoms with Crippen molar-refractivity contribution in [1.82, 2.24) is 9.88 Å². The van der Waals surface area contributed by atoms with E-state index in [1.54, 1.807) is 24.3 Å². The molecule has 0 bridgehead atoms. The Labute approximate surface area is 219 Å². The number of aryl methyl sites for hydroxylation is 1. The summed E-state index contributed by atoms with van der Waals surface area (Å²) in [4.78, 5) is 31.7. The fourth-order valence-corrected chi connectivity index (χ4v) is 5.37. The number of nitrogens with zero attached hydrogens (tertiary/aromatic N) is 3. The zero-order chi connectivity index (χ0) is 27.4. The lowest BCUT2D eigenvalue weighted by atomic mass is 9.87. The van der Waals surface area contributed by atoms with Gasteiger partial charge in [0.2, 0.25) is 5.91 Å². The third kappa shape index (κ3) is 6.54. The van der Waals surface area contributed by atoms with E-state index < -0.39 is 28.4 Å². The summed E-state index contributed by atoms with van der Waals surface area (Å²) < 4.78 is 28.8. The maximum atomic E-state index is 13.9. The number of para-hydroxylation sites is 1. The summed E-state index contributed by atoms with van der Waals surface area (Å²) in [5.74, 6) is -1.22. The van der Waals surface area contributed by atoms with Crippen molar-refractivity contribution >= 4 is 27.5 Å². The predicted molar refractivity (Wildman–Crippen MR) is 145 cm³/mol. The molecule has 9 heteroatoms. The number of hydrogen-bond donors (Lipinski definition) is 1. The van der Waals surface area contributed by atoms with Gasteiger partial charge in [0.15, 0.2) is 0 Å². The predicted octanol–water partition coefficient (Wildman–Crippen LogP) is 4.03. The smallest absolute Gasteiger partial charge is 0.264 e. The van der Waals surface area contributed by atoms with Crippen molar-refractivity contribution in [2.75, 3.05) is 17.4 Å². The van der Waals surface area contributed by atoms with Crippen LogP contribution in [0.3, 0.4) is 0 Å². The van der Waals surface area contributed by atoms with Crippen molar-refractivity contribution in [3.63, 3.8) is 0 Å². The molecule has 37 heavy (non-hydrogen) atoms. The molecular formula is C28H34N4O4S. The Morgan fingerprint density at radius 2 is 1.59 bits per heavy atom. The van der Waals surface area contributed by atoms with E-state index in [1.807, 2.05) is 52.8 Å². The average molecular weight is 523 g/mol. The molecule has 0 aliphatic heterocycles. The topological polar surface area (TPSA) is 114 Å². The van der Waals surface area contributed by atoms with E-state index in [4.69, 9.17) is 5.73 Å². The molecule has 2 amide bonds. The van der Waals surface area contributed by atoms with Crippen molar-refractivity contribution in [3.05, 3.63) is 89.2 Å². The van der Waals surface area contributed by atoms with Crippen LogP contribution in [0.1, 0.15) is 55.0 Å². The summed E-state index contributed by atoms with van der Waals surface area (Å²) in [5, 5.41) is 0. The number of primary amides is 1. The van der Waals surface area contributed by atoms with E-state index in [9.17, 15) is 18.0 Å². The van der Waals surface area contributed by atoms with Gasteiger partial charge in [0, 0.05) is 12.2 Å². The number of sulfonamides is 1. The molecule has 3 rings (SSSR count). The molecule has 1 heterocycles. The number of aromatic nitrogens is 1. The van der Waals surface area contributed by atoms with Crippen molar-refractivity contribution in [3.8, 4) is 0 Å². The molecule has 3 aromatic rings. The highest BCUT2D eigenvalue weighted by molar-refractivity contribution is 7.92. The van der Waals surface area contributed by atoms with Gasteiger partial charge in [-0.3, -0.25) is 18.9 Å². The van der Waals surface area contributed by atoms with Gasteiger partial charge in [0.25, 0.3) is 15.9 Å². The molecule has 0 unspecified atom stereocenters. The molecule has 8 nitrogen and oxygen atoms in total. The number of likely N-dealkylation sites (N-methyl/N-ethyl adjacent to an activating group) is 1. The Kier molecular flexibility index (Phi) is 8.38. The Balaban J connectivity index is 2.04. The van der Waals surface area contributed by atoms with Crippen LogP contribution in [-0.4, -0.2) is 43.2 Å². The lowest BCUT2D eigenvalue weighted by Crippen LogP contribution is -2.43. The highest BCUT2D eigenvalue weighted by Crippen LogP contribution is 2.29. The fourth-order valence-electron chi connectivity index (χ4n) is 3.94. The number of nitrogens with two attached hydrogens (primary N) is 1. The van der Waals surface area contributed by atoms with E-state index >= 15 is 0 Å². The Morgan fingerprint density at radius 1 is 0.946 bits per heavy atom. The number of amides is 2. The molecular weight excluding hydrogens is 488 g/mol. The van der Waals surface area contributed by atoms with Crippen LogP contribution in [0, 0.1) is 6.92 Å². The van der Waals surface area contributed by atoms with Gasteiger partial charge >= 0.3 is 0 Å². The minimum absolute atomic E-state index is 0.00795.